The van der Waals surface area contributed by atoms with Crippen molar-refractivity contribution in [2.75, 3.05) is 19.7 Å². The van der Waals surface area contributed by atoms with Gasteiger partial charge in [-0.05, 0) is 61.8 Å². The fourth-order valence-corrected chi connectivity index (χ4v) is 6.55. The molecule has 0 aromatic heterocycles. The molecule has 7 atom stereocenters. The summed E-state index contributed by atoms with van der Waals surface area (Å²) in [5.74, 6) is -7.72. The third-order valence-corrected chi connectivity index (χ3v) is 9.63. The van der Waals surface area contributed by atoms with E-state index in [0.717, 1.165) is 6.92 Å². The molecule has 1 aliphatic rings. The zero-order valence-corrected chi connectivity index (χ0v) is 34.1. The minimum absolute atomic E-state index is 0.00509. The molecule has 14 N–H and O–H groups in total. The molecule has 0 unspecified atom stereocenters. The van der Waals surface area contributed by atoms with E-state index in [-0.39, 0.29) is 43.4 Å². The monoisotopic (exact) mass is 832 g/mol. The van der Waals surface area contributed by atoms with Crippen LogP contribution in [0.2, 0.25) is 0 Å². The first-order valence-corrected chi connectivity index (χ1v) is 19.4. The number of carbonyl (C=O) groups is 9. The molecule has 1 aromatic carbocycles. The molecule has 0 aliphatic carbocycles. The summed E-state index contributed by atoms with van der Waals surface area (Å²) in [6.45, 7) is 7.69. The molecule has 59 heavy (non-hydrogen) atoms. The molecule has 1 aromatic rings. The van der Waals surface area contributed by atoms with Crippen LogP contribution in [0.1, 0.15) is 72.3 Å². The SMILES string of the molecule is CC(=O)N[C@@H](CO)C(=O)N[C@@H](CCC(N)=O)C(=O)N[C@@H](CC(N)=O)C(=O)N[C@@H](Cc1ccc(O)cc1)CN1CCC[C@H]1C(=O)N[C@H](C(=O)N[C@H](C(N)=O)C(C)C)C(C)C. The number of aliphatic hydroxyl groups excluding tert-OH is 1. The molecule has 0 saturated carbocycles. The number of nitrogens with one attached hydrogen (secondary N) is 6. The van der Waals surface area contributed by atoms with Gasteiger partial charge < -0.3 is 59.3 Å². The number of rotatable bonds is 24. The Balaban J connectivity index is 2.37. The van der Waals surface area contributed by atoms with Crippen LogP contribution in [0.3, 0.4) is 0 Å². The van der Waals surface area contributed by atoms with Crippen molar-refractivity contribution in [2.24, 2.45) is 29.0 Å². The molecule has 0 spiro atoms. The molecule has 21 nitrogen and oxygen atoms in total. The summed E-state index contributed by atoms with van der Waals surface area (Å²) in [4.78, 5) is 116. The third kappa shape index (κ3) is 16.5. The Morgan fingerprint density at radius 3 is 1.83 bits per heavy atom. The number of aromatic hydroxyl groups is 1. The number of phenolic OH excluding ortho intramolecular Hbond substituents is 1. The molecule has 1 saturated heterocycles. The Morgan fingerprint density at radius 2 is 1.31 bits per heavy atom. The van der Waals surface area contributed by atoms with Crippen LogP contribution < -0.4 is 49.1 Å². The van der Waals surface area contributed by atoms with Crippen LogP contribution in [-0.2, 0) is 49.6 Å². The maximum absolute atomic E-state index is 13.9. The highest BCUT2D eigenvalue weighted by atomic mass is 16.3. The Morgan fingerprint density at radius 1 is 0.729 bits per heavy atom. The summed E-state index contributed by atoms with van der Waals surface area (Å²) in [7, 11) is 0. The van der Waals surface area contributed by atoms with Crippen LogP contribution in [0.5, 0.6) is 5.75 Å². The second kappa shape index (κ2) is 23.5. The molecule has 1 fully saturated rings. The summed E-state index contributed by atoms with van der Waals surface area (Å²) in [6, 6.07) is -1.90. The van der Waals surface area contributed by atoms with Crippen molar-refractivity contribution in [3.8, 4) is 5.75 Å². The number of amides is 9. The molecular weight excluding hydrogens is 772 g/mol. The summed E-state index contributed by atoms with van der Waals surface area (Å²) >= 11 is 0. The van der Waals surface area contributed by atoms with Crippen LogP contribution in [0.15, 0.2) is 24.3 Å². The van der Waals surface area contributed by atoms with Gasteiger partial charge in [0.25, 0.3) is 0 Å². The number of primary amides is 3. The lowest BCUT2D eigenvalue weighted by Crippen LogP contribution is -2.60. The van der Waals surface area contributed by atoms with Crippen molar-refractivity contribution >= 4 is 53.2 Å². The lowest BCUT2D eigenvalue weighted by Gasteiger charge is -2.32. The van der Waals surface area contributed by atoms with Gasteiger partial charge in [-0.2, -0.15) is 0 Å². The van der Waals surface area contributed by atoms with Gasteiger partial charge in [0, 0.05) is 25.9 Å². The van der Waals surface area contributed by atoms with Crippen LogP contribution >= 0.6 is 0 Å². The van der Waals surface area contributed by atoms with Gasteiger partial charge in [-0.25, -0.2) is 0 Å². The average molecular weight is 833 g/mol. The van der Waals surface area contributed by atoms with E-state index in [9.17, 15) is 53.4 Å². The van der Waals surface area contributed by atoms with E-state index in [1.54, 1.807) is 39.8 Å². The van der Waals surface area contributed by atoms with Gasteiger partial charge in [0.1, 0.15) is 36.0 Å². The van der Waals surface area contributed by atoms with Gasteiger partial charge in [-0.3, -0.25) is 48.1 Å². The smallest absolute Gasteiger partial charge is 0.245 e. The molecule has 1 aliphatic heterocycles. The number of carbonyl (C=O) groups excluding carboxylic acids is 9. The Kier molecular flexibility index (Phi) is 19.7. The van der Waals surface area contributed by atoms with Crippen LogP contribution in [0, 0.1) is 11.8 Å². The maximum atomic E-state index is 13.9. The first-order valence-electron chi connectivity index (χ1n) is 19.4. The molecule has 0 radical (unpaired) electrons. The number of nitrogens with two attached hydrogens (primary N) is 3. The number of hydrogen-bond acceptors (Lipinski definition) is 12. The molecule has 9 amide bonds. The Hall–Kier alpha value is -5.83. The van der Waals surface area contributed by atoms with E-state index in [2.05, 4.69) is 31.9 Å². The summed E-state index contributed by atoms with van der Waals surface area (Å²) in [6.07, 6.45) is -0.273. The van der Waals surface area contributed by atoms with Crippen molar-refractivity contribution in [1.29, 1.82) is 0 Å². The fraction of sp³-hybridized carbons (Fsp3) is 0.605. The number of nitrogens with zero attached hydrogens (tertiary/aromatic N) is 1. The number of likely N-dealkylation sites (tertiary alicyclic amines) is 1. The van der Waals surface area contributed by atoms with Crippen molar-refractivity contribution < 1.29 is 53.4 Å². The van der Waals surface area contributed by atoms with Gasteiger partial charge in [-0.15, -0.1) is 0 Å². The molecular formula is C38H60N10O11. The largest absolute Gasteiger partial charge is 0.508 e. The molecule has 1 heterocycles. The van der Waals surface area contributed by atoms with Crippen LogP contribution in [0.4, 0.5) is 0 Å². The summed E-state index contributed by atoms with van der Waals surface area (Å²) in [5, 5.41) is 34.7. The Bertz CT molecular complexity index is 1670. The highest BCUT2D eigenvalue weighted by Gasteiger charge is 2.37. The van der Waals surface area contributed by atoms with E-state index in [1.807, 2.05) is 4.90 Å². The topological polar surface area (TPSA) is 348 Å². The number of benzene rings is 1. The standard InChI is InChI=1S/C38H60N10O11/c1-19(2)31(33(41)54)46-38(59)32(20(3)4)47-37(58)28-7-6-14-48(28)17-23(15-22-8-10-24(51)11-9-22)43-35(56)26(16-30(40)53)45-34(55)25(12-13-29(39)52)44-36(57)27(18-49)42-21(5)50/h8-11,19-20,23,25-28,31-32,49,51H,6-7,12-18H2,1-5H3,(H2,39,52)(H2,40,53)(H2,41,54)(H,42,50)(H,43,56)(H,44,57)(H,45,55)(H,46,59)(H,47,58)/t23-,25-,26-,27-,28-,31-,32-/m0/s1. The van der Waals surface area contributed by atoms with E-state index < -0.39 is 108 Å². The second-order valence-electron chi connectivity index (χ2n) is 15.3. The number of hydrogen-bond donors (Lipinski definition) is 11. The van der Waals surface area contributed by atoms with E-state index >= 15 is 0 Å². The maximum Gasteiger partial charge on any atom is 0.245 e. The third-order valence-electron chi connectivity index (χ3n) is 9.63. The zero-order chi connectivity index (χ0) is 44.6. The molecule has 328 valence electrons. The first-order chi connectivity index (χ1) is 27.6. The predicted octanol–water partition coefficient (Wildman–Crippen LogP) is -3.74. The van der Waals surface area contributed by atoms with Gasteiger partial charge in [-0.1, -0.05) is 39.8 Å². The first kappa shape index (κ1) is 49.3. The van der Waals surface area contributed by atoms with Gasteiger partial charge in [0.05, 0.1) is 19.1 Å². The highest BCUT2D eigenvalue weighted by molar-refractivity contribution is 5.96. The van der Waals surface area contributed by atoms with Gasteiger partial charge in [0.2, 0.25) is 53.2 Å². The summed E-state index contributed by atoms with van der Waals surface area (Å²) in [5.41, 5.74) is 16.9. The van der Waals surface area contributed by atoms with Crippen molar-refractivity contribution in [3.63, 3.8) is 0 Å². The average Bonchev–Trinajstić information content (AvgIpc) is 3.61. The van der Waals surface area contributed by atoms with E-state index in [0.29, 0.717) is 24.9 Å². The van der Waals surface area contributed by atoms with Crippen LogP contribution in [0.25, 0.3) is 0 Å². The van der Waals surface area contributed by atoms with E-state index in [1.165, 1.54) is 12.1 Å². The molecule has 21 heteroatoms. The highest BCUT2D eigenvalue weighted by Crippen LogP contribution is 2.20. The van der Waals surface area contributed by atoms with E-state index in [4.69, 9.17) is 17.2 Å². The van der Waals surface area contributed by atoms with Gasteiger partial charge >= 0.3 is 0 Å². The second-order valence-corrected chi connectivity index (χ2v) is 15.3. The minimum atomic E-state index is -1.60. The van der Waals surface area contributed by atoms with Gasteiger partial charge in [0.15, 0.2) is 0 Å². The number of phenols is 1. The fourth-order valence-electron chi connectivity index (χ4n) is 6.55. The number of aliphatic hydroxyl groups is 1. The normalized spacial score (nSPS) is 17.1. The molecule has 2 rings (SSSR count). The minimum Gasteiger partial charge on any atom is -0.508 e. The predicted molar refractivity (Wildman–Crippen MR) is 212 cm³/mol. The van der Waals surface area contributed by atoms with Crippen molar-refractivity contribution in [3.05, 3.63) is 29.8 Å². The quantitative estimate of drug-likeness (QED) is 0.0479. The molecule has 0 bridgehead atoms. The lowest BCUT2D eigenvalue weighted by molar-refractivity contribution is -0.135. The Labute approximate surface area is 342 Å². The van der Waals surface area contributed by atoms with Crippen molar-refractivity contribution in [1.82, 2.24) is 36.8 Å². The summed E-state index contributed by atoms with van der Waals surface area (Å²) < 4.78 is 0. The lowest BCUT2D eigenvalue weighted by atomic mass is 9.99. The van der Waals surface area contributed by atoms with Crippen molar-refractivity contribution in [2.45, 2.75) is 115 Å². The zero-order valence-electron chi connectivity index (χ0n) is 34.1. The van der Waals surface area contributed by atoms with Crippen LogP contribution in [-0.4, -0.2) is 130 Å².